The summed E-state index contributed by atoms with van der Waals surface area (Å²) in [5, 5.41) is 3.05. The molecule has 0 aliphatic carbocycles. The molecule has 0 aliphatic heterocycles. The van der Waals surface area contributed by atoms with E-state index < -0.39 is 5.95 Å². The van der Waals surface area contributed by atoms with Gasteiger partial charge < -0.3 is 10.1 Å². The minimum Gasteiger partial charge on any atom is -0.383 e. The van der Waals surface area contributed by atoms with Crippen molar-refractivity contribution in [3.8, 4) is 0 Å². The van der Waals surface area contributed by atoms with Crippen LogP contribution in [-0.2, 0) is 4.74 Å². The molecule has 0 aromatic carbocycles. The number of halogens is 1. The Morgan fingerprint density at radius 3 is 2.93 bits per heavy atom. The molecule has 0 bridgehead atoms. The average molecular weight is 199 g/mol. The Balaban J connectivity index is 2.57. The first-order valence-corrected chi connectivity index (χ1v) is 4.49. The summed E-state index contributed by atoms with van der Waals surface area (Å²) in [5.74, 6) is -0.0452. The Morgan fingerprint density at radius 1 is 1.57 bits per heavy atom. The number of hydrogen-bond donors (Lipinski definition) is 1. The largest absolute Gasteiger partial charge is 0.383 e. The molecule has 1 atom stereocenters. The molecular weight excluding hydrogens is 185 g/mol. The standard InChI is InChI=1S/C9H14FN3O/c1-3-7(5-14-2)13-9-4-8(10)11-6-12-9/h4,6-7H,3,5H2,1-2H3,(H,11,12,13). The second kappa shape index (κ2) is 5.49. The van der Waals surface area contributed by atoms with Crippen molar-refractivity contribution in [3.63, 3.8) is 0 Å². The highest BCUT2D eigenvalue weighted by Gasteiger charge is 2.06. The van der Waals surface area contributed by atoms with E-state index in [-0.39, 0.29) is 6.04 Å². The molecular formula is C9H14FN3O. The first kappa shape index (κ1) is 10.8. The van der Waals surface area contributed by atoms with Gasteiger partial charge in [-0.1, -0.05) is 6.92 Å². The zero-order valence-corrected chi connectivity index (χ0v) is 8.33. The van der Waals surface area contributed by atoms with Crippen LogP contribution in [0.3, 0.4) is 0 Å². The molecule has 1 aromatic heterocycles. The molecule has 0 saturated carbocycles. The number of rotatable bonds is 5. The van der Waals surface area contributed by atoms with Crippen LogP contribution in [0, 0.1) is 5.95 Å². The Kier molecular flexibility index (Phi) is 4.25. The van der Waals surface area contributed by atoms with E-state index >= 15 is 0 Å². The maximum Gasteiger partial charge on any atom is 0.217 e. The van der Waals surface area contributed by atoms with Crippen LogP contribution < -0.4 is 5.32 Å². The SMILES string of the molecule is CCC(COC)Nc1cc(F)ncn1. The Bertz CT molecular complexity index is 283. The van der Waals surface area contributed by atoms with Gasteiger partial charge in [0.1, 0.15) is 12.1 Å². The van der Waals surface area contributed by atoms with E-state index in [1.807, 2.05) is 6.92 Å². The van der Waals surface area contributed by atoms with Gasteiger partial charge in [-0.25, -0.2) is 9.97 Å². The van der Waals surface area contributed by atoms with Crippen LogP contribution in [0.5, 0.6) is 0 Å². The van der Waals surface area contributed by atoms with Crippen molar-refractivity contribution < 1.29 is 9.13 Å². The lowest BCUT2D eigenvalue weighted by molar-refractivity contribution is 0.184. The average Bonchev–Trinajstić information content (AvgIpc) is 2.17. The highest BCUT2D eigenvalue weighted by Crippen LogP contribution is 2.06. The van der Waals surface area contributed by atoms with Gasteiger partial charge in [-0.3, -0.25) is 0 Å². The van der Waals surface area contributed by atoms with Crippen molar-refractivity contribution in [1.29, 1.82) is 0 Å². The van der Waals surface area contributed by atoms with E-state index in [1.54, 1.807) is 7.11 Å². The molecule has 5 heteroatoms. The molecule has 0 amide bonds. The van der Waals surface area contributed by atoms with Gasteiger partial charge in [0.15, 0.2) is 0 Å². The third-order valence-corrected chi connectivity index (χ3v) is 1.85. The summed E-state index contributed by atoms with van der Waals surface area (Å²) in [5.41, 5.74) is 0. The lowest BCUT2D eigenvalue weighted by Crippen LogP contribution is -2.24. The van der Waals surface area contributed by atoms with Gasteiger partial charge >= 0.3 is 0 Å². The maximum atomic E-state index is 12.7. The van der Waals surface area contributed by atoms with E-state index in [9.17, 15) is 4.39 Å². The molecule has 78 valence electrons. The molecule has 4 nitrogen and oxygen atoms in total. The van der Waals surface area contributed by atoms with E-state index in [0.29, 0.717) is 12.4 Å². The Labute approximate surface area is 82.5 Å². The van der Waals surface area contributed by atoms with Crippen LogP contribution in [0.4, 0.5) is 10.2 Å². The molecule has 14 heavy (non-hydrogen) atoms. The zero-order chi connectivity index (χ0) is 10.4. The van der Waals surface area contributed by atoms with Crippen molar-refractivity contribution in [1.82, 2.24) is 9.97 Å². The highest BCUT2D eigenvalue weighted by atomic mass is 19.1. The minimum atomic E-state index is -0.533. The van der Waals surface area contributed by atoms with Gasteiger partial charge in [-0.15, -0.1) is 0 Å². The van der Waals surface area contributed by atoms with Crippen molar-refractivity contribution in [3.05, 3.63) is 18.3 Å². The van der Waals surface area contributed by atoms with Crippen molar-refractivity contribution in [2.45, 2.75) is 19.4 Å². The number of nitrogens with one attached hydrogen (secondary N) is 1. The number of hydrogen-bond acceptors (Lipinski definition) is 4. The van der Waals surface area contributed by atoms with Gasteiger partial charge in [-0.2, -0.15) is 4.39 Å². The van der Waals surface area contributed by atoms with Crippen LogP contribution >= 0.6 is 0 Å². The number of anilines is 1. The lowest BCUT2D eigenvalue weighted by Gasteiger charge is -2.15. The topological polar surface area (TPSA) is 47.0 Å². The van der Waals surface area contributed by atoms with E-state index in [4.69, 9.17) is 4.74 Å². The molecule has 0 radical (unpaired) electrons. The fourth-order valence-electron chi connectivity index (χ4n) is 1.08. The summed E-state index contributed by atoms with van der Waals surface area (Å²) in [7, 11) is 1.63. The van der Waals surface area contributed by atoms with Gasteiger partial charge in [-0.05, 0) is 6.42 Å². The third-order valence-electron chi connectivity index (χ3n) is 1.85. The first-order valence-electron chi connectivity index (χ1n) is 4.49. The Hall–Kier alpha value is -1.23. The lowest BCUT2D eigenvalue weighted by atomic mass is 10.2. The van der Waals surface area contributed by atoms with E-state index in [0.717, 1.165) is 6.42 Å². The van der Waals surface area contributed by atoms with Crippen molar-refractivity contribution in [2.75, 3.05) is 19.0 Å². The van der Waals surface area contributed by atoms with Crippen LogP contribution in [0.15, 0.2) is 12.4 Å². The van der Waals surface area contributed by atoms with Crippen LogP contribution in [0.25, 0.3) is 0 Å². The molecule has 0 spiro atoms. The summed E-state index contributed by atoms with van der Waals surface area (Å²) in [6.45, 7) is 2.59. The van der Waals surface area contributed by atoms with Crippen LogP contribution in [0.2, 0.25) is 0 Å². The fourth-order valence-corrected chi connectivity index (χ4v) is 1.08. The van der Waals surface area contributed by atoms with Gasteiger partial charge in [0.2, 0.25) is 5.95 Å². The highest BCUT2D eigenvalue weighted by molar-refractivity contribution is 5.33. The molecule has 1 rings (SSSR count). The molecule has 1 N–H and O–H groups in total. The zero-order valence-electron chi connectivity index (χ0n) is 8.33. The normalized spacial score (nSPS) is 12.5. The van der Waals surface area contributed by atoms with E-state index in [1.165, 1.54) is 12.4 Å². The predicted molar refractivity (Wildman–Crippen MR) is 51.6 cm³/mol. The van der Waals surface area contributed by atoms with Gasteiger partial charge in [0.25, 0.3) is 0 Å². The number of methoxy groups -OCH3 is 1. The van der Waals surface area contributed by atoms with Gasteiger partial charge in [0, 0.05) is 13.2 Å². The summed E-state index contributed by atoms with van der Waals surface area (Å²) < 4.78 is 17.7. The fraction of sp³-hybridized carbons (Fsp3) is 0.556. The summed E-state index contributed by atoms with van der Waals surface area (Å²) in [6, 6.07) is 1.41. The summed E-state index contributed by atoms with van der Waals surface area (Å²) >= 11 is 0. The minimum absolute atomic E-state index is 0.147. The predicted octanol–water partition coefficient (Wildman–Crippen LogP) is 1.45. The second-order valence-corrected chi connectivity index (χ2v) is 2.93. The van der Waals surface area contributed by atoms with Crippen molar-refractivity contribution in [2.24, 2.45) is 0 Å². The smallest absolute Gasteiger partial charge is 0.217 e. The number of aromatic nitrogens is 2. The quantitative estimate of drug-likeness (QED) is 0.729. The maximum absolute atomic E-state index is 12.7. The monoisotopic (exact) mass is 199 g/mol. The molecule has 1 unspecified atom stereocenters. The summed E-state index contributed by atoms with van der Waals surface area (Å²) in [4.78, 5) is 7.26. The second-order valence-electron chi connectivity index (χ2n) is 2.93. The summed E-state index contributed by atoms with van der Waals surface area (Å²) in [6.07, 6.45) is 2.08. The van der Waals surface area contributed by atoms with E-state index in [2.05, 4.69) is 15.3 Å². The first-order chi connectivity index (χ1) is 6.76. The molecule has 0 aliphatic rings. The molecule has 0 saturated heterocycles. The van der Waals surface area contributed by atoms with Crippen LogP contribution in [-0.4, -0.2) is 29.7 Å². The van der Waals surface area contributed by atoms with Gasteiger partial charge in [0.05, 0.1) is 12.6 Å². The number of nitrogens with zero attached hydrogens (tertiary/aromatic N) is 2. The Morgan fingerprint density at radius 2 is 2.36 bits per heavy atom. The third kappa shape index (κ3) is 3.26. The van der Waals surface area contributed by atoms with Crippen LogP contribution in [0.1, 0.15) is 13.3 Å². The van der Waals surface area contributed by atoms with Crippen molar-refractivity contribution >= 4 is 5.82 Å². The molecule has 1 heterocycles. The molecule has 1 aromatic rings. The molecule has 0 fully saturated rings. The number of ether oxygens (including phenoxy) is 1.